The summed E-state index contributed by atoms with van der Waals surface area (Å²) in [6, 6.07) is 0. The zero-order valence-electron chi connectivity index (χ0n) is 11.3. The Morgan fingerprint density at radius 3 is 2.78 bits per heavy atom. The molecule has 106 valence electrons. The van der Waals surface area contributed by atoms with Gasteiger partial charge in [0.2, 0.25) is 0 Å². The highest BCUT2D eigenvalue weighted by atomic mass is 16.6. The summed E-state index contributed by atoms with van der Waals surface area (Å²) in [6.45, 7) is 6.19. The molecule has 0 amide bonds. The second kappa shape index (κ2) is 10.3. The molecule has 0 aromatic rings. The SMILES string of the molecule is CCOC(=O)COCCNCCCOCC1CC1. The van der Waals surface area contributed by atoms with Crippen molar-refractivity contribution in [3.05, 3.63) is 0 Å². The van der Waals surface area contributed by atoms with Crippen molar-refractivity contribution in [2.45, 2.75) is 26.2 Å². The zero-order chi connectivity index (χ0) is 13.1. The number of hydrogen-bond donors (Lipinski definition) is 1. The van der Waals surface area contributed by atoms with E-state index in [1.807, 2.05) is 0 Å². The third-order valence-corrected chi connectivity index (χ3v) is 2.64. The van der Waals surface area contributed by atoms with Crippen LogP contribution in [0, 0.1) is 5.92 Å². The van der Waals surface area contributed by atoms with E-state index in [9.17, 15) is 4.79 Å². The van der Waals surface area contributed by atoms with Gasteiger partial charge in [-0.05, 0) is 38.6 Å². The van der Waals surface area contributed by atoms with Crippen molar-refractivity contribution in [3.8, 4) is 0 Å². The van der Waals surface area contributed by atoms with Gasteiger partial charge in [0.15, 0.2) is 0 Å². The molecular formula is C13H25NO4. The summed E-state index contributed by atoms with van der Waals surface area (Å²) in [5.74, 6) is 0.542. The molecule has 18 heavy (non-hydrogen) atoms. The molecule has 1 rings (SSSR count). The summed E-state index contributed by atoms with van der Waals surface area (Å²) in [6.07, 6.45) is 3.71. The smallest absolute Gasteiger partial charge is 0.332 e. The van der Waals surface area contributed by atoms with Gasteiger partial charge in [0.1, 0.15) is 6.61 Å². The normalized spacial score (nSPS) is 14.7. The monoisotopic (exact) mass is 259 g/mol. The summed E-state index contributed by atoms with van der Waals surface area (Å²) in [5, 5.41) is 3.24. The summed E-state index contributed by atoms with van der Waals surface area (Å²) in [5.41, 5.74) is 0. The molecular weight excluding hydrogens is 234 g/mol. The summed E-state index contributed by atoms with van der Waals surface area (Å²) in [7, 11) is 0. The lowest BCUT2D eigenvalue weighted by atomic mass is 10.4. The quantitative estimate of drug-likeness (QED) is 0.418. The molecule has 1 fully saturated rings. The lowest BCUT2D eigenvalue weighted by Gasteiger charge is -2.06. The van der Waals surface area contributed by atoms with E-state index in [0.717, 1.165) is 38.6 Å². The van der Waals surface area contributed by atoms with Crippen molar-refractivity contribution in [1.29, 1.82) is 0 Å². The van der Waals surface area contributed by atoms with E-state index in [1.54, 1.807) is 6.92 Å². The van der Waals surface area contributed by atoms with Crippen LogP contribution in [0.25, 0.3) is 0 Å². The van der Waals surface area contributed by atoms with Gasteiger partial charge in [-0.1, -0.05) is 0 Å². The van der Waals surface area contributed by atoms with Crippen molar-refractivity contribution in [3.63, 3.8) is 0 Å². The number of rotatable bonds is 12. The molecule has 1 aliphatic rings. The molecule has 0 bridgehead atoms. The van der Waals surface area contributed by atoms with E-state index in [-0.39, 0.29) is 12.6 Å². The predicted molar refractivity (Wildman–Crippen MR) is 68.5 cm³/mol. The maximum absolute atomic E-state index is 10.9. The third-order valence-electron chi connectivity index (χ3n) is 2.64. The van der Waals surface area contributed by atoms with Crippen LogP contribution in [0.2, 0.25) is 0 Å². The second-order valence-corrected chi connectivity index (χ2v) is 4.48. The van der Waals surface area contributed by atoms with Gasteiger partial charge < -0.3 is 19.5 Å². The van der Waals surface area contributed by atoms with Crippen LogP contribution in [-0.2, 0) is 19.0 Å². The second-order valence-electron chi connectivity index (χ2n) is 4.48. The lowest BCUT2D eigenvalue weighted by molar-refractivity contribution is -0.148. The van der Waals surface area contributed by atoms with Gasteiger partial charge in [-0.2, -0.15) is 0 Å². The average Bonchev–Trinajstić information content (AvgIpc) is 3.16. The predicted octanol–water partition coefficient (Wildman–Crippen LogP) is 0.972. The van der Waals surface area contributed by atoms with E-state index in [2.05, 4.69) is 5.32 Å². The van der Waals surface area contributed by atoms with Gasteiger partial charge in [-0.25, -0.2) is 4.79 Å². The highest BCUT2D eigenvalue weighted by Crippen LogP contribution is 2.28. The Balaban J connectivity index is 1.68. The minimum absolute atomic E-state index is 0.0417. The first kappa shape index (κ1) is 15.4. The standard InChI is InChI=1S/C13H25NO4/c1-2-18-13(15)11-17-9-7-14-6-3-8-16-10-12-4-5-12/h12,14H,2-11H2,1H3. The Morgan fingerprint density at radius 1 is 1.22 bits per heavy atom. The molecule has 0 aromatic heterocycles. The molecule has 1 aliphatic carbocycles. The molecule has 5 nitrogen and oxygen atoms in total. The molecule has 1 saturated carbocycles. The van der Waals surface area contributed by atoms with Crippen LogP contribution in [0.4, 0.5) is 0 Å². The minimum atomic E-state index is -0.300. The maximum Gasteiger partial charge on any atom is 0.332 e. The number of esters is 1. The average molecular weight is 259 g/mol. The molecule has 1 N–H and O–H groups in total. The number of carbonyl (C=O) groups excluding carboxylic acids is 1. The van der Waals surface area contributed by atoms with Crippen molar-refractivity contribution in [2.24, 2.45) is 5.92 Å². The highest BCUT2D eigenvalue weighted by molar-refractivity contribution is 5.70. The van der Waals surface area contributed by atoms with Gasteiger partial charge >= 0.3 is 5.97 Å². The number of hydrogen-bond acceptors (Lipinski definition) is 5. The first-order chi connectivity index (χ1) is 8.83. The molecule has 0 saturated heterocycles. The first-order valence-electron chi connectivity index (χ1n) is 6.84. The number of carbonyl (C=O) groups is 1. The summed E-state index contributed by atoms with van der Waals surface area (Å²) < 4.78 is 15.4. The Morgan fingerprint density at radius 2 is 2.06 bits per heavy atom. The topological polar surface area (TPSA) is 56.8 Å². The van der Waals surface area contributed by atoms with Gasteiger partial charge in [0.25, 0.3) is 0 Å². The third kappa shape index (κ3) is 9.39. The molecule has 0 atom stereocenters. The Labute approximate surface area is 109 Å². The van der Waals surface area contributed by atoms with Crippen LogP contribution in [0.5, 0.6) is 0 Å². The fourth-order valence-corrected chi connectivity index (χ4v) is 1.46. The van der Waals surface area contributed by atoms with Gasteiger partial charge in [-0.15, -0.1) is 0 Å². The van der Waals surface area contributed by atoms with Crippen LogP contribution in [-0.4, -0.2) is 52.1 Å². The van der Waals surface area contributed by atoms with E-state index in [4.69, 9.17) is 14.2 Å². The van der Waals surface area contributed by atoms with E-state index in [0.29, 0.717) is 13.2 Å². The van der Waals surface area contributed by atoms with Crippen LogP contribution >= 0.6 is 0 Å². The van der Waals surface area contributed by atoms with Crippen LogP contribution < -0.4 is 5.32 Å². The summed E-state index contributed by atoms with van der Waals surface area (Å²) in [4.78, 5) is 10.9. The molecule has 0 heterocycles. The van der Waals surface area contributed by atoms with Gasteiger partial charge in [0, 0.05) is 19.8 Å². The van der Waals surface area contributed by atoms with Crippen molar-refractivity contribution < 1.29 is 19.0 Å². The van der Waals surface area contributed by atoms with Crippen LogP contribution in [0.3, 0.4) is 0 Å². The highest BCUT2D eigenvalue weighted by Gasteiger charge is 2.20. The lowest BCUT2D eigenvalue weighted by Crippen LogP contribution is -2.23. The largest absolute Gasteiger partial charge is 0.464 e. The molecule has 0 aliphatic heterocycles. The van der Waals surface area contributed by atoms with Crippen LogP contribution in [0.1, 0.15) is 26.2 Å². The fraction of sp³-hybridized carbons (Fsp3) is 0.923. The summed E-state index contributed by atoms with van der Waals surface area (Å²) >= 11 is 0. The van der Waals surface area contributed by atoms with Crippen molar-refractivity contribution >= 4 is 5.97 Å². The number of nitrogens with one attached hydrogen (secondary N) is 1. The van der Waals surface area contributed by atoms with E-state index in [1.165, 1.54) is 12.8 Å². The Hall–Kier alpha value is -0.650. The molecule has 5 heteroatoms. The zero-order valence-corrected chi connectivity index (χ0v) is 11.3. The molecule has 0 radical (unpaired) electrons. The first-order valence-corrected chi connectivity index (χ1v) is 6.84. The van der Waals surface area contributed by atoms with Crippen LogP contribution in [0.15, 0.2) is 0 Å². The van der Waals surface area contributed by atoms with E-state index >= 15 is 0 Å². The Bertz CT molecular complexity index is 219. The molecule has 0 unspecified atom stereocenters. The number of ether oxygens (including phenoxy) is 3. The maximum atomic E-state index is 10.9. The van der Waals surface area contributed by atoms with Gasteiger partial charge in [-0.3, -0.25) is 0 Å². The van der Waals surface area contributed by atoms with Crippen molar-refractivity contribution in [1.82, 2.24) is 5.32 Å². The van der Waals surface area contributed by atoms with Crippen molar-refractivity contribution in [2.75, 3.05) is 46.1 Å². The Kier molecular flexibility index (Phi) is 8.81. The fourth-order valence-electron chi connectivity index (χ4n) is 1.46. The van der Waals surface area contributed by atoms with Gasteiger partial charge in [0.05, 0.1) is 13.2 Å². The minimum Gasteiger partial charge on any atom is -0.464 e. The molecule has 0 aromatic carbocycles. The molecule has 0 spiro atoms. The van der Waals surface area contributed by atoms with E-state index < -0.39 is 0 Å².